The smallest absolute Gasteiger partial charge is 0.251 e. The summed E-state index contributed by atoms with van der Waals surface area (Å²) >= 11 is 0. The molecule has 0 unspecified atom stereocenters. The summed E-state index contributed by atoms with van der Waals surface area (Å²) in [5, 5.41) is 10.2. The van der Waals surface area contributed by atoms with Gasteiger partial charge in [0.15, 0.2) is 0 Å². The number of hydrogen-bond acceptors (Lipinski definition) is 5. The highest BCUT2D eigenvalue weighted by Gasteiger charge is 2.09. The Balaban J connectivity index is 1.58. The molecule has 0 aliphatic rings. The molecule has 4 aromatic rings. The van der Waals surface area contributed by atoms with E-state index in [1.165, 1.54) is 0 Å². The fraction of sp³-hybridized carbons (Fsp3) is 0.154. The average Bonchev–Trinajstić information content (AvgIpc) is 3.28. The lowest BCUT2D eigenvalue weighted by atomic mass is 10.0. The molecule has 0 radical (unpaired) electrons. The highest BCUT2D eigenvalue weighted by atomic mass is 16.1. The molecule has 33 heavy (non-hydrogen) atoms. The van der Waals surface area contributed by atoms with E-state index in [2.05, 4.69) is 37.5 Å². The first-order chi connectivity index (χ1) is 16.0. The molecule has 0 aliphatic heterocycles. The van der Waals surface area contributed by atoms with Crippen LogP contribution in [0.5, 0.6) is 0 Å². The number of carbonyl (C=O) groups is 1. The topological polar surface area (TPSA) is 84.7 Å². The first kappa shape index (κ1) is 21.8. The molecule has 4 rings (SSSR count). The minimum Gasteiger partial charge on any atom is -0.372 e. The number of carbonyl (C=O) groups excluding carboxylic acids is 1. The van der Waals surface area contributed by atoms with E-state index in [0.29, 0.717) is 17.9 Å². The van der Waals surface area contributed by atoms with Gasteiger partial charge in [0.05, 0.1) is 11.8 Å². The van der Waals surface area contributed by atoms with Crippen LogP contribution in [0, 0.1) is 18.8 Å². The Bertz CT molecular complexity index is 1350. The summed E-state index contributed by atoms with van der Waals surface area (Å²) in [6, 6.07) is 11.3. The number of benzene rings is 1. The van der Waals surface area contributed by atoms with Gasteiger partial charge in [-0.1, -0.05) is 24.0 Å². The van der Waals surface area contributed by atoms with E-state index in [4.69, 9.17) is 0 Å². The predicted octanol–water partition coefficient (Wildman–Crippen LogP) is 3.56. The van der Waals surface area contributed by atoms with Crippen LogP contribution in [0.4, 0.5) is 5.82 Å². The van der Waals surface area contributed by atoms with Crippen LogP contribution in [-0.4, -0.2) is 32.7 Å². The SMILES string of the molecule is CNc1ncc(-c2cnn(C)c2)cc1C#Cc1cc(C(=O)NCc2cccnc2)ccc1C. The summed E-state index contributed by atoms with van der Waals surface area (Å²) in [5.74, 6) is 6.97. The van der Waals surface area contributed by atoms with E-state index >= 15 is 0 Å². The van der Waals surface area contributed by atoms with Crippen LogP contribution in [-0.2, 0) is 13.6 Å². The molecule has 3 aromatic heterocycles. The summed E-state index contributed by atoms with van der Waals surface area (Å²) in [6.45, 7) is 2.39. The molecular formula is C26H24N6O. The van der Waals surface area contributed by atoms with Gasteiger partial charge in [-0.3, -0.25) is 14.5 Å². The zero-order chi connectivity index (χ0) is 23.2. The minimum absolute atomic E-state index is 0.155. The Morgan fingerprint density at radius 2 is 1.91 bits per heavy atom. The summed E-state index contributed by atoms with van der Waals surface area (Å²) in [5.41, 5.74) is 5.96. The van der Waals surface area contributed by atoms with E-state index in [1.54, 1.807) is 29.5 Å². The Morgan fingerprint density at radius 3 is 2.64 bits per heavy atom. The lowest BCUT2D eigenvalue weighted by Gasteiger charge is -2.07. The molecule has 7 heteroatoms. The zero-order valence-electron chi connectivity index (χ0n) is 18.8. The van der Waals surface area contributed by atoms with Crippen molar-refractivity contribution < 1.29 is 4.79 Å². The van der Waals surface area contributed by atoms with Gasteiger partial charge in [-0.15, -0.1) is 0 Å². The molecule has 0 saturated carbocycles. The molecule has 0 aliphatic carbocycles. The number of anilines is 1. The lowest BCUT2D eigenvalue weighted by molar-refractivity contribution is 0.0951. The third-order valence-electron chi connectivity index (χ3n) is 5.17. The van der Waals surface area contributed by atoms with Gasteiger partial charge in [0.1, 0.15) is 5.82 Å². The van der Waals surface area contributed by atoms with Crippen molar-refractivity contribution in [1.82, 2.24) is 25.1 Å². The summed E-state index contributed by atoms with van der Waals surface area (Å²) in [4.78, 5) is 21.2. The molecule has 1 aromatic carbocycles. The fourth-order valence-corrected chi connectivity index (χ4v) is 3.31. The van der Waals surface area contributed by atoms with Crippen molar-refractivity contribution in [2.24, 2.45) is 7.05 Å². The molecule has 1 amide bonds. The molecular weight excluding hydrogens is 412 g/mol. The molecule has 164 valence electrons. The van der Waals surface area contributed by atoms with Crippen molar-refractivity contribution >= 4 is 11.7 Å². The molecule has 2 N–H and O–H groups in total. The normalized spacial score (nSPS) is 10.3. The minimum atomic E-state index is -0.155. The first-order valence-corrected chi connectivity index (χ1v) is 10.5. The van der Waals surface area contributed by atoms with Crippen LogP contribution in [0.3, 0.4) is 0 Å². The van der Waals surface area contributed by atoms with Crippen LogP contribution in [0.1, 0.15) is 32.6 Å². The van der Waals surface area contributed by atoms with Gasteiger partial charge in [-0.2, -0.15) is 5.10 Å². The van der Waals surface area contributed by atoms with Gasteiger partial charge in [0.2, 0.25) is 0 Å². The van der Waals surface area contributed by atoms with Gasteiger partial charge in [0.25, 0.3) is 5.91 Å². The van der Waals surface area contributed by atoms with E-state index < -0.39 is 0 Å². The van der Waals surface area contributed by atoms with E-state index in [1.807, 2.05) is 63.6 Å². The maximum Gasteiger partial charge on any atom is 0.251 e. The second-order valence-electron chi connectivity index (χ2n) is 7.60. The summed E-state index contributed by atoms with van der Waals surface area (Å²) < 4.78 is 1.75. The van der Waals surface area contributed by atoms with Gasteiger partial charge in [-0.05, 0) is 42.3 Å². The molecule has 0 bridgehead atoms. The molecule has 3 heterocycles. The van der Waals surface area contributed by atoms with Gasteiger partial charge >= 0.3 is 0 Å². The van der Waals surface area contributed by atoms with E-state index in [-0.39, 0.29) is 5.91 Å². The number of aromatic nitrogens is 4. The Morgan fingerprint density at radius 1 is 1.06 bits per heavy atom. The molecule has 0 spiro atoms. The van der Waals surface area contributed by atoms with Crippen molar-refractivity contribution in [2.45, 2.75) is 13.5 Å². The van der Waals surface area contributed by atoms with Gasteiger partial charge in [0, 0.05) is 67.7 Å². The highest BCUT2D eigenvalue weighted by molar-refractivity contribution is 5.94. The van der Waals surface area contributed by atoms with Gasteiger partial charge in [-0.25, -0.2) is 4.98 Å². The zero-order valence-corrected chi connectivity index (χ0v) is 18.8. The van der Waals surface area contributed by atoms with Crippen molar-refractivity contribution in [1.29, 1.82) is 0 Å². The first-order valence-electron chi connectivity index (χ1n) is 10.5. The van der Waals surface area contributed by atoms with Crippen LogP contribution in [0.25, 0.3) is 11.1 Å². The number of aryl methyl sites for hydroxylation is 2. The Labute approximate surface area is 192 Å². The summed E-state index contributed by atoms with van der Waals surface area (Å²) in [7, 11) is 3.69. The van der Waals surface area contributed by atoms with E-state index in [9.17, 15) is 4.79 Å². The average molecular weight is 437 g/mol. The van der Waals surface area contributed by atoms with E-state index in [0.717, 1.165) is 33.4 Å². The third-order valence-corrected chi connectivity index (χ3v) is 5.17. The number of nitrogens with one attached hydrogen (secondary N) is 2. The highest BCUT2D eigenvalue weighted by Crippen LogP contribution is 2.22. The number of amides is 1. The van der Waals surface area contributed by atoms with Crippen molar-refractivity contribution in [3.63, 3.8) is 0 Å². The standard InChI is InChI=1S/C26H24N6O/c1-18-6-7-22(26(33)30-14-19-5-4-10-28-13-19)11-20(18)8-9-21-12-23(15-29-25(21)27-2)24-16-31-32(3)17-24/h4-7,10-13,15-17H,14H2,1-3H3,(H,27,29)(H,30,33). The van der Waals surface area contributed by atoms with Crippen LogP contribution < -0.4 is 10.6 Å². The number of hydrogen-bond donors (Lipinski definition) is 2. The Hall–Kier alpha value is -4.44. The predicted molar refractivity (Wildman–Crippen MR) is 129 cm³/mol. The van der Waals surface area contributed by atoms with Crippen LogP contribution in [0.2, 0.25) is 0 Å². The Kier molecular flexibility index (Phi) is 6.46. The molecule has 0 atom stereocenters. The maximum absolute atomic E-state index is 12.7. The molecule has 0 saturated heterocycles. The van der Waals surface area contributed by atoms with Crippen molar-refractivity contribution in [2.75, 3.05) is 12.4 Å². The van der Waals surface area contributed by atoms with Crippen LogP contribution >= 0.6 is 0 Å². The van der Waals surface area contributed by atoms with Crippen molar-refractivity contribution in [3.8, 4) is 23.0 Å². The number of pyridine rings is 2. The second-order valence-corrected chi connectivity index (χ2v) is 7.60. The quantitative estimate of drug-likeness (QED) is 0.468. The third kappa shape index (κ3) is 5.25. The number of rotatable bonds is 5. The molecule has 0 fully saturated rings. The molecule has 7 nitrogen and oxygen atoms in total. The van der Waals surface area contributed by atoms with Crippen LogP contribution in [0.15, 0.2) is 67.4 Å². The summed E-state index contributed by atoms with van der Waals surface area (Å²) in [6.07, 6.45) is 8.97. The second kappa shape index (κ2) is 9.79. The van der Waals surface area contributed by atoms with Gasteiger partial charge < -0.3 is 10.6 Å². The lowest BCUT2D eigenvalue weighted by Crippen LogP contribution is -2.22. The monoisotopic (exact) mass is 436 g/mol. The number of nitrogens with zero attached hydrogens (tertiary/aromatic N) is 4. The maximum atomic E-state index is 12.7. The fourth-order valence-electron chi connectivity index (χ4n) is 3.31. The van der Waals surface area contributed by atoms with Crippen molar-refractivity contribution in [3.05, 3.63) is 95.2 Å². The largest absolute Gasteiger partial charge is 0.372 e.